The van der Waals surface area contributed by atoms with Crippen LogP contribution in [0.25, 0.3) is 0 Å². The average molecular weight is 1730 g/mol. The van der Waals surface area contributed by atoms with Crippen molar-refractivity contribution < 1.29 is 127 Å². The molecule has 2 atom stereocenters. The Morgan fingerprint density at radius 3 is 0.866 bits per heavy atom. The van der Waals surface area contributed by atoms with Crippen LogP contribution in [-0.4, -0.2) is 462 Å². The van der Waals surface area contributed by atoms with Crippen LogP contribution in [0.15, 0.2) is 48.5 Å². The number of thiocarbonyl (C=S) groups is 2. The molecule has 2 aliphatic rings. The average Bonchev–Trinajstić information content (AvgIpc) is 0.854. The molecule has 119 heavy (non-hydrogen) atoms. The minimum Gasteiger partial charge on any atom is -0.480 e. The van der Waals surface area contributed by atoms with Crippen molar-refractivity contribution in [2.45, 2.75) is 44.7 Å². The number of hydrogen-bond donors (Lipinski definition) is 14. The van der Waals surface area contributed by atoms with E-state index < -0.39 is 59.8 Å². The molecule has 2 aromatic carbocycles. The van der Waals surface area contributed by atoms with Crippen LogP contribution in [0.2, 0.25) is 0 Å². The molecule has 0 saturated carbocycles. The molecular formula is C76H125N15O26S2. The molecule has 0 radical (unpaired) electrons. The first kappa shape index (κ1) is 103. The number of aliphatic carboxylic acids is 8. The second-order valence-electron chi connectivity index (χ2n) is 28.1. The maximum Gasteiger partial charge on any atom is 0.317 e. The zero-order chi connectivity index (χ0) is 86.8. The lowest BCUT2D eigenvalue weighted by molar-refractivity contribution is -0.142. The van der Waals surface area contributed by atoms with Crippen LogP contribution >= 0.6 is 24.4 Å². The van der Waals surface area contributed by atoms with Gasteiger partial charge in [-0.2, -0.15) is 0 Å². The molecule has 43 heteroatoms. The Balaban J connectivity index is 0.939. The van der Waals surface area contributed by atoms with Crippen molar-refractivity contribution in [1.29, 1.82) is 0 Å². The number of nitrogens with zero attached hydrogens (tertiary/aromatic N) is 9. The van der Waals surface area contributed by atoms with Crippen molar-refractivity contribution in [3.8, 4) is 0 Å². The van der Waals surface area contributed by atoms with Crippen LogP contribution in [-0.2, 0) is 98.7 Å². The fourth-order valence-corrected chi connectivity index (χ4v) is 13.1. The van der Waals surface area contributed by atoms with E-state index in [9.17, 15) is 88.8 Å². The predicted molar refractivity (Wildman–Crippen MR) is 443 cm³/mol. The van der Waals surface area contributed by atoms with E-state index in [1.54, 1.807) is 39.2 Å². The Morgan fingerprint density at radius 2 is 0.588 bits per heavy atom. The van der Waals surface area contributed by atoms with Gasteiger partial charge in [-0.1, -0.05) is 31.2 Å². The highest BCUT2D eigenvalue weighted by Crippen LogP contribution is 2.19. The fourth-order valence-electron chi connectivity index (χ4n) is 12.7. The van der Waals surface area contributed by atoms with E-state index in [-0.39, 0.29) is 182 Å². The van der Waals surface area contributed by atoms with Crippen molar-refractivity contribution in [3.05, 3.63) is 59.7 Å². The minimum absolute atomic E-state index is 0.134. The van der Waals surface area contributed by atoms with Gasteiger partial charge in [0.15, 0.2) is 10.2 Å². The Bertz CT molecular complexity index is 3110. The van der Waals surface area contributed by atoms with Gasteiger partial charge >= 0.3 is 47.8 Å². The van der Waals surface area contributed by atoms with E-state index in [1.165, 1.54) is 0 Å². The number of anilines is 2. The molecule has 0 aliphatic carbocycles. The molecule has 2 heterocycles. The monoisotopic (exact) mass is 1730 g/mol. The topological polar surface area (TPSA) is 508 Å². The second-order valence-corrected chi connectivity index (χ2v) is 28.9. The van der Waals surface area contributed by atoms with Crippen LogP contribution in [0.3, 0.4) is 0 Å². The number of rotatable bonds is 59. The van der Waals surface area contributed by atoms with E-state index in [0.717, 1.165) is 17.7 Å². The predicted octanol–water partition coefficient (Wildman–Crippen LogP) is -2.63. The first-order valence-electron chi connectivity index (χ1n) is 39.9. The van der Waals surface area contributed by atoms with Gasteiger partial charge < -0.3 is 116 Å². The summed E-state index contributed by atoms with van der Waals surface area (Å²) in [6.07, 6.45) is 1.05. The van der Waals surface area contributed by atoms with Crippen molar-refractivity contribution in [2.75, 3.05) is 306 Å². The summed E-state index contributed by atoms with van der Waals surface area (Å²) < 4.78 is 44.7. The number of ether oxygens (including phenoxy) is 8. The van der Waals surface area contributed by atoms with E-state index >= 15 is 0 Å². The molecule has 672 valence electrons. The van der Waals surface area contributed by atoms with Gasteiger partial charge in [0.2, 0.25) is 11.8 Å². The van der Waals surface area contributed by atoms with Gasteiger partial charge in [0.1, 0.15) is 0 Å². The highest BCUT2D eigenvalue weighted by molar-refractivity contribution is 7.80. The van der Waals surface area contributed by atoms with E-state index in [1.807, 2.05) is 55.5 Å². The van der Waals surface area contributed by atoms with E-state index in [0.29, 0.717) is 166 Å². The Kier molecular flexibility index (Phi) is 54.5. The lowest BCUT2D eigenvalue weighted by atomic mass is 10.0. The number of likely N-dealkylation sites (N-methyl/N-ethyl adjacent to an activating group) is 1. The van der Waals surface area contributed by atoms with Gasteiger partial charge in [0.05, 0.1) is 158 Å². The number of carbonyl (C=O) groups is 10. The molecule has 0 aromatic heterocycles. The van der Waals surface area contributed by atoms with Crippen LogP contribution in [0.4, 0.5) is 11.4 Å². The third-order valence-electron chi connectivity index (χ3n) is 18.7. The molecule has 2 unspecified atom stereocenters. The van der Waals surface area contributed by atoms with Crippen molar-refractivity contribution in [1.82, 2.24) is 65.4 Å². The number of carboxylic acid groups (broad SMARTS) is 8. The molecule has 2 saturated heterocycles. The van der Waals surface area contributed by atoms with E-state index in [4.69, 9.17) is 62.3 Å². The van der Waals surface area contributed by atoms with Gasteiger partial charge in [-0.05, 0) is 79.2 Å². The summed E-state index contributed by atoms with van der Waals surface area (Å²) in [6.45, 7) is 10.9. The maximum atomic E-state index is 12.4. The van der Waals surface area contributed by atoms with Crippen LogP contribution in [0.5, 0.6) is 0 Å². The van der Waals surface area contributed by atoms with E-state index in [2.05, 4.69) is 36.8 Å². The molecule has 0 bridgehead atoms. The maximum absolute atomic E-state index is 12.4. The lowest BCUT2D eigenvalue weighted by Crippen LogP contribution is -2.53. The molecule has 2 aromatic rings. The normalized spacial score (nSPS) is 16.6. The Hall–Kier alpha value is -8.16. The molecular weight excluding hydrogens is 1600 g/mol. The minimum atomic E-state index is -1.10. The number of benzene rings is 2. The van der Waals surface area contributed by atoms with Gasteiger partial charge in [-0.25, -0.2) is 0 Å². The highest BCUT2D eigenvalue weighted by Gasteiger charge is 2.31. The fraction of sp³-hybridized carbons (Fsp3) is 0.684. The van der Waals surface area contributed by atoms with Crippen molar-refractivity contribution >= 4 is 106 Å². The largest absolute Gasteiger partial charge is 0.480 e. The standard InChI is InChI=1S/C76H125N15O26S2/c1-2-83(17-13-77-65(92)11-31-110-35-39-114-43-45-116-41-37-112-33-15-79-75(118)81-61-7-3-59(4-8-61)47-63-49-88(55-71(102)103)25-23-84(51-67(94)95)19-21-86(53-69(98)99)27-29-90(63)57-73(106)107)18-14-78-66(93)12-32-111-36-40-115-44-46-117-42-38-113-34-16-80-76(119)82-62-9-5-60(6-10-62)48-64-50-89(56-72(104)105)26-24-85(52-68(96)97)20-22-87(54-70(100)101)28-30-91(64)58-74(108)109/h3-10,63-64H,2,11-58H2,1H3,(H,77,92)(H,78,93)(H,94,95)(H,96,97)(H,98,99)(H,100,101)(H,102,103)(H,104,105)(H,106,107)(H,108,109)(H2,79,81,118)(H2,80,82,119). The van der Waals surface area contributed by atoms with Crippen LogP contribution in [0, 0.1) is 0 Å². The zero-order valence-corrected chi connectivity index (χ0v) is 69.8. The molecule has 2 amide bonds. The number of hydrogen-bond acceptors (Lipinski definition) is 29. The third-order valence-corrected chi connectivity index (χ3v) is 19.2. The Morgan fingerprint density at radius 1 is 0.336 bits per heavy atom. The Labute approximate surface area is 705 Å². The SMILES string of the molecule is CCN(CCNC(=O)CCOCCOCCOCCOCCNC(=S)Nc1ccc(CC2CN(CC(=O)O)CCN(CC(=O)O)CCN(CC(=O)O)CCN2CC(=O)O)cc1)CCNC(=O)CCOCCOCCOCCOCCNC(=S)Nc1ccc(CC2CN(CC(=O)O)CCN(CC(=O)O)CCN(CC(=O)O)CCN2CC(=O)O)cc1. The zero-order valence-electron chi connectivity index (χ0n) is 68.2. The highest BCUT2D eigenvalue weighted by atomic mass is 32.1. The molecule has 41 nitrogen and oxygen atoms in total. The first-order valence-corrected chi connectivity index (χ1v) is 40.7. The van der Waals surface area contributed by atoms with Gasteiger partial charge in [0.25, 0.3) is 0 Å². The van der Waals surface area contributed by atoms with Gasteiger partial charge in [-0.15, -0.1) is 0 Å². The summed E-state index contributed by atoms with van der Waals surface area (Å²) in [6, 6.07) is 13.7. The first-order chi connectivity index (χ1) is 57.2. The quantitative estimate of drug-likeness (QED) is 0.0238. The van der Waals surface area contributed by atoms with Gasteiger partial charge in [-0.3, -0.25) is 87.1 Å². The number of nitrogens with one attached hydrogen (secondary N) is 6. The summed E-state index contributed by atoms with van der Waals surface area (Å²) in [5, 5.41) is 96.5. The van der Waals surface area contributed by atoms with Crippen LogP contribution in [0.1, 0.15) is 30.9 Å². The summed E-state index contributed by atoms with van der Waals surface area (Å²) in [5.41, 5.74) is 3.02. The summed E-state index contributed by atoms with van der Waals surface area (Å²) in [4.78, 5) is 135. The molecule has 4 rings (SSSR count). The summed E-state index contributed by atoms with van der Waals surface area (Å²) in [5.74, 6) is -8.94. The molecule has 2 fully saturated rings. The smallest absolute Gasteiger partial charge is 0.317 e. The van der Waals surface area contributed by atoms with Gasteiger partial charge in [0, 0.05) is 167 Å². The second kappa shape index (κ2) is 62.9. The molecule has 0 spiro atoms. The number of amides is 2. The summed E-state index contributed by atoms with van der Waals surface area (Å²) >= 11 is 11.0. The van der Waals surface area contributed by atoms with Crippen molar-refractivity contribution in [2.24, 2.45) is 0 Å². The number of carboxylic acids is 8. The lowest BCUT2D eigenvalue weighted by Gasteiger charge is -2.37. The van der Waals surface area contributed by atoms with Crippen LogP contribution < -0.4 is 31.9 Å². The molecule has 14 N–H and O–H groups in total. The molecule has 2 aliphatic heterocycles. The van der Waals surface area contributed by atoms with Crippen molar-refractivity contribution in [3.63, 3.8) is 0 Å². The summed E-state index contributed by atoms with van der Waals surface area (Å²) in [7, 11) is 0. The third kappa shape index (κ3) is 52.6. The number of carbonyl (C=O) groups excluding carboxylic acids is 2.